The van der Waals surface area contributed by atoms with Gasteiger partial charge in [-0.15, -0.1) is 11.5 Å². The fourth-order valence-corrected chi connectivity index (χ4v) is 0.412. The van der Waals surface area contributed by atoms with Crippen LogP contribution in [0.3, 0.4) is 0 Å². The summed E-state index contributed by atoms with van der Waals surface area (Å²) in [6.07, 6.45) is 0. The Morgan fingerprint density at radius 1 is 1.12 bits per heavy atom. The quantitative estimate of drug-likeness (QED) is 0.473. The fourth-order valence-electron chi connectivity index (χ4n) is 0.412. The van der Waals surface area contributed by atoms with Gasteiger partial charge in [-0.1, -0.05) is 6.07 Å². The van der Waals surface area contributed by atoms with Gasteiger partial charge in [0, 0.05) is 0 Å². The molecule has 0 N–H and O–H groups in total. The van der Waals surface area contributed by atoms with Crippen LogP contribution in [0.25, 0.3) is 0 Å². The molecule has 0 aromatic carbocycles. The molecule has 0 atom stereocenters. The molecule has 1 heterocycles. The molecule has 3 heteroatoms. The van der Waals surface area contributed by atoms with E-state index in [1.54, 1.807) is 0 Å². The van der Waals surface area contributed by atoms with Crippen LogP contribution in [0.5, 0.6) is 0 Å². The second kappa shape index (κ2) is 1.69. The molecule has 0 amide bonds. The molecule has 38 valence electrons. The third kappa shape index (κ3) is 0.872. The second-order valence-electron chi connectivity index (χ2n) is 1.35. The maximum absolute atomic E-state index is 8.54. The van der Waals surface area contributed by atoms with Crippen LogP contribution >= 0.6 is 0 Å². The van der Waals surface area contributed by atoms with Crippen LogP contribution in [0.1, 0.15) is 0 Å². The molecule has 0 fully saturated rings. The monoisotopic (exact) mass is 105 g/mol. The fraction of sp³-hybridized carbons (Fsp3) is 0. The normalized spacial score (nSPS) is 9.00. The molecule has 1 aromatic rings. The Kier molecular flexibility index (Phi) is 1.04. The van der Waals surface area contributed by atoms with E-state index in [0.29, 0.717) is 0 Å². The summed E-state index contributed by atoms with van der Waals surface area (Å²) in [4.78, 5) is 3.28. The first-order valence-electron chi connectivity index (χ1n) is 2.14. The molecule has 0 bridgehead atoms. The number of hydrogen-bond donors (Lipinski definition) is 0. The van der Waals surface area contributed by atoms with Gasteiger partial charge in [0.1, 0.15) is 0 Å². The van der Waals surface area contributed by atoms with Crippen LogP contribution in [0, 0.1) is 0 Å². The van der Waals surface area contributed by atoms with Crippen LogP contribution < -0.4 is 11.5 Å². The van der Waals surface area contributed by atoms with Crippen molar-refractivity contribution >= 4 is 11.6 Å². The maximum atomic E-state index is 8.54. The number of nitrogens with zero attached hydrogens (tertiary/aromatic N) is 3. The van der Waals surface area contributed by atoms with Crippen molar-refractivity contribution in [3.8, 4) is 0 Å². The third-order valence-corrected chi connectivity index (χ3v) is 0.720. The summed E-state index contributed by atoms with van der Waals surface area (Å²) in [7, 11) is 0. The number of hydrogen-bond acceptors (Lipinski definition) is 1. The first-order chi connectivity index (χ1) is 3.79. The molecule has 0 aliphatic carbocycles. The van der Waals surface area contributed by atoms with E-state index in [-0.39, 0.29) is 11.6 Å². The summed E-state index contributed by atoms with van der Waals surface area (Å²) in [5.41, 5.74) is 17.1. The van der Waals surface area contributed by atoms with Crippen molar-refractivity contribution in [3.05, 3.63) is 18.2 Å². The van der Waals surface area contributed by atoms with Crippen LogP contribution in [0.2, 0.25) is 0 Å². The molecule has 0 saturated heterocycles. The first-order valence-corrected chi connectivity index (χ1v) is 2.14. The minimum atomic E-state index is -0.162. The van der Waals surface area contributed by atoms with Gasteiger partial charge in [-0.3, -0.25) is 0 Å². The lowest BCUT2D eigenvalue weighted by atomic mass is 10.4. The topological polar surface area (TPSA) is 57.5 Å². The van der Waals surface area contributed by atoms with Gasteiger partial charge in [-0.05, 0) is 12.1 Å². The predicted molar refractivity (Wildman–Crippen MR) is 27.8 cm³/mol. The summed E-state index contributed by atoms with van der Waals surface area (Å²) in [6.45, 7) is 0. The van der Waals surface area contributed by atoms with Gasteiger partial charge >= 0.3 is 0 Å². The lowest BCUT2D eigenvalue weighted by molar-refractivity contribution is 1.21. The van der Waals surface area contributed by atoms with Crippen molar-refractivity contribution in [2.45, 2.75) is 0 Å². The van der Waals surface area contributed by atoms with E-state index in [1.807, 2.05) is 0 Å². The Morgan fingerprint density at radius 3 is 1.88 bits per heavy atom. The Labute approximate surface area is 47.3 Å². The molecular weight excluding hydrogens is 102 g/mol. The largest absolute Gasteiger partial charge is 0.206 e. The van der Waals surface area contributed by atoms with Gasteiger partial charge < -0.3 is 0 Å². The lowest BCUT2D eigenvalue weighted by Crippen LogP contribution is -1.77. The molecule has 0 aliphatic heterocycles. The second-order valence-corrected chi connectivity index (χ2v) is 1.35. The minimum Gasteiger partial charge on any atom is -0.206 e. The van der Waals surface area contributed by atoms with Crippen molar-refractivity contribution < 1.29 is 0 Å². The average molecular weight is 105 g/mol. The maximum Gasteiger partial charge on any atom is 0.176 e. The molecule has 0 spiro atoms. The Bertz CT molecular complexity index is 168. The van der Waals surface area contributed by atoms with Crippen LogP contribution in [0.4, 0.5) is 11.6 Å². The van der Waals surface area contributed by atoms with Crippen molar-refractivity contribution in [3.63, 3.8) is 0 Å². The third-order valence-electron chi connectivity index (χ3n) is 0.720. The van der Waals surface area contributed by atoms with E-state index in [4.69, 9.17) is 11.5 Å². The van der Waals surface area contributed by atoms with Gasteiger partial charge in [0.25, 0.3) is 0 Å². The van der Waals surface area contributed by atoms with Crippen molar-refractivity contribution in [1.82, 2.24) is 16.5 Å². The van der Waals surface area contributed by atoms with Crippen LogP contribution in [-0.2, 0) is 0 Å². The van der Waals surface area contributed by atoms with Gasteiger partial charge in [-0.2, -0.15) is 0 Å². The van der Waals surface area contributed by atoms with Crippen molar-refractivity contribution in [2.75, 3.05) is 0 Å². The molecule has 1 rings (SSSR count). The molecule has 0 saturated carbocycles. The zero-order valence-electron chi connectivity index (χ0n) is 4.07. The predicted octanol–water partition coefficient (Wildman–Crippen LogP) is 0.482. The summed E-state index contributed by atoms with van der Waals surface area (Å²) in [5.74, 6) is -0.324. The smallest absolute Gasteiger partial charge is 0.176 e. The van der Waals surface area contributed by atoms with Crippen molar-refractivity contribution in [1.29, 1.82) is 0 Å². The Balaban J connectivity index is 3.08. The van der Waals surface area contributed by atoms with Crippen LogP contribution in [-0.4, -0.2) is 4.98 Å². The van der Waals surface area contributed by atoms with Gasteiger partial charge in [-0.25, -0.2) is 4.98 Å². The highest BCUT2D eigenvalue weighted by molar-refractivity contribution is 5.33. The number of aromatic nitrogens is 1. The average Bonchev–Trinajstić information content (AvgIpc) is 1.64. The molecule has 0 unspecified atom stereocenters. The highest BCUT2D eigenvalue weighted by Gasteiger charge is 1.88. The van der Waals surface area contributed by atoms with Gasteiger partial charge in [0.15, 0.2) is 11.6 Å². The SMILES string of the molecule is [N]c1cccc([N])n1. The molecule has 8 heavy (non-hydrogen) atoms. The molecule has 3 nitrogen and oxygen atoms in total. The summed E-state index contributed by atoms with van der Waals surface area (Å²) in [5, 5.41) is 0. The van der Waals surface area contributed by atoms with E-state index < -0.39 is 0 Å². The zero-order chi connectivity index (χ0) is 5.98. The zero-order valence-corrected chi connectivity index (χ0v) is 4.07. The number of pyridine rings is 1. The minimum absolute atomic E-state index is 0.162. The highest BCUT2D eigenvalue weighted by atomic mass is 14.9. The van der Waals surface area contributed by atoms with E-state index in [1.165, 1.54) is 18.2 Å². The number of rotatable bonds is 0. The van der Waals surface area contributed by atoms with E-state index in [9.17, 15) is 0 Å². The van der Waals surface area contributed by atoms with Crippen LogP contribution in [0.15, 0.2) is 18.2 Å². The molecule has 1 aromatic heterocycles. The highest BCUT2D eigenvalue weighted by Crippen LogP contribution is 2.02. The lowest BCUT2D eigenvalue weighted by Gasteiger charge is -1.84. The van der Waals surface area contributed by atoms with Gasteiger partial charge in [0.05, 0.1) is 0 Å². The molecule has 4 radical (unpaired) electrons. The Hall–Kier alpha value is -1.25. The van der Waals surface area contributed by atoms with Gasteiger partial charge in [0.2, 0.25) is 0 Å². The van der Waals surface area contributed by atoms with E-state index in [0.717, 1.165) is 0 Å². The van der Waals surface area contributed by atoms with E-state index in [2.05, 4.69) is 4.98 Å². The first kappa shape index (κ1) is 4.90. The summed E-state index contributed by atoms with van der Waals surface area (Å²) < 4.78 is 0. The molecular formula is C5H3N3. The standard InChI is InChI=1S/C5H3N3/c6-4-2-1-3-5(7)8-4/h1-3H. The molecule has 0 aliphatic rings. The summed E-state index contributed by atoms with van der Waals surface area (Å²) >= 11 is 0. The Morgan fingerprint density at radius 2 is 1.62 bits per heavy atom. The van der Waals surface area contributed by atoms with Crippen molar-refractivity contribution in [2.24, 2.45) is 0 Å². The summed E-state index contributed by atoms with van der Waals surface area (Å²) in [6, 6.07) is 4.29. The van der Waals surface area contributed by atoms with E-state index >= 15 is 0 Å².